The highest BCUT2D eigenvalue weighted by Gasteiger charge is 2.09. The molecular formula is C18H16N6O4S. The van der Waals surface area contributed by atoms with E-state index in [1.165, 1.54) is 12.1 Å². The highest BCUT2D eigenvalue weighted by molar-refractivity contribution is 7.89. The van der Waals surface area contributed by atoms with E-state index in [4.69, 9.17) is 9.56 Å². The van der Waals surface area contributed by atoms with Gasteiger partial charge in [-0.3, -0.25) is 4.98 Å². The summed E-state index contributed by atoms with van der Waals surface area (Å²) < 4.78 is 27.7. The molecule has 0 saturated heterocycles. The maximum absolute atomic E-state index is 11.3. The van der Waals surface area contributed by atoms with E-state index < -0.39 is 15.8 Å². The molecule has 0 unspecified atom stereocenters. The van der Waals surface area contributed by atoms with Crippen molar-refractivity contribution < 1.29 is 12.8 Å². The number of fused-ring (bicyclic) bond motifs is 1. The van der Waals surface area contributed by atoms with Crippen molar-refractivity contribution in [1.82, 2.24) is 15.0 Å². The summed E-state index contributed by atoms with van der Waals surface area (Å²) in [4.78, 5) is 22.6. The van der Waals surface area contributed by atoms with Crippen LogP contribution in [0.4, 0.5) is 23.1 Å². The number of nitrogens with zero attached hydrogens (tertiary/aromatic N) is 2. The first-order chi connectivity index (χ1) is 13.8. The maximum Gasteiger partial charge on any atom is 0.417 e. The second-order valence-electron chi connectivity index (χ2n) is 6.27. The Labute approximate surface area is 164 Å². The van der Waals surface area contributed by atoms with Crippen LogP contribution in [0.15, 0.2) is 62.8 Å². The Bertz CT molecular complexity index is 1360. The third-order valence-corrected chi connectivity index (χ3v) is 5.02. The van der Waals surface area contributed by atoms with Gasteiger partial charge in [-0.15, -0.1) is 0 Å². The minimum absolute atomic E-state index is 0.0166. The highest BCUT2D eigenvalue weighted by Crippen LogP contribution is 2.23. The van der Waals surface area contributed by atoms with Gasteiger partial charge in [0.15, 0.2) is 5.58 Å². The van der Waals surface area contributed by atoms with E-state index in [1.54, 1.807) is 36.5 Å². The van der Waals surface area contributed by atoms with Gasteiger partial charge >= 0.3 is 5.76 Å². The van der Waals surface area contributed by atoms with Crippen molar-refractivity contribution in [2.24, 2.45) is 5.14 Å². The molecule has 0 amide bonds. The Morgan fingerprint density at radius 3 is 2.52 bits per heavy atom. The predicted octanol–water partition coefficient (Wildman–Crippen LogP) is 2.35. The number of aromatic amines is 1. The van der Waals surface area contributed by atoms with Crippen molar-refractivity contribution in [2.75, 3.05) is 10.6 Å². The number of rotatable bonds is 5. The molecule has 0 radical (unpaired) electrons. The molecular weight excluding hydrogens is 396 g/mol. The van der Waals surface area contributed by atoms with Crippen LogP contribution in [0.2, 0.25) is 0 Å². The molecule has 0 bridgehead atoms. The molecule has 0 fully saturated rings. The predicted molar refractivity (Wildman–Crippen MR) is 108 cm³/mol. The lowest BCUT2D eigenvalue weighted by atomic mass is 10.2. The first-order valence-corrected chi connectivity index (χ1v) is 9.96. The van der Waals surface area contributed by atoms with Crippen LogP contribution in [0.1, 0.15) is 5.56 Å². The van der Waals surface area contributed by atoms with E-state index in [0.29, 0.717) is 34.2 Å². The fraction of sp³-hybridized carbons (Fsp3) is 0.0556. The molecule has 29 heavy (non-hydrogen) atoms. The minimum atomic E-state index is -3.75. The molecule has 2 aromatic carbocycles. The Morgan fingerprint density at radius 2 is 1.79 bits per heavy atom. The minimum Gasteiger partial charge on any atom is -0.408 e. The van der Waals surface area contributed by atoms with Crippen molar-refractivity contribution in [3.8, 4) is 0 Å². The van der Waals surface area contributed by atoms with Gasteiger partial charge in [0.05, 0.1) is 10.4 Å². The summed E-state index contributed by atoms with van der Waals surface area (Å²) in [7, 11) is -3.75. The van der Waals surface area contributed by atoms with Gasteiger partial charge in [-0.1, -0.05) is 0 Å². The summed E-state index contributed by atoms with van der Waals surface area (Å²) in [5.41, 5.74) is 3.15. The normalized spacial score (nSPS) is 11.5. The lowest BCUT2D eigenvalue weighted by molar-refractivity contribution is 0.555. The SMILES string of the molecule is Cc1cnc(Nc2ccc(S(N)(=O)=O)cc2)nc1Nc1ccc2oc(=O)[nH]c2c1. The van der Waals surface area contributed by atoms with Crippen molar-refractivity contribution in [3.05, 3.63) is 64.8 Å². The molecule has 2 aromatic heterocycles. The Balaban J connectivity index is 1.57. The summed E-state index contributed by atoms with van der Waals surface area (Å²) in [5, 5.41) is 11.3. The summed E-state index contributed by atoms with van der Waals surface area (Å²) in [6, 6.07) is 11.1. The van der Waals surface area contributed by atoms with Crippen molar-refractivity contribution in [1.29, 1.82) is 0 Å². The van der Waals surface area contributed by atoms with Crippen LogP contribution >= 0.6 is 0 Å². The number of primary sulfonamides is 1. The Hall–Kier alpha value is -3.70. The van der Waals surface area contributed by atoms with Gasteiger partial charge in [0, 0.05) is 23.1 Å². The standard InChI is InChI=1S/C18H16N6O4S/c1-10-9-20-17(22-11-2-5-13(6-3-11)29(19,26)27)24-16(10)21-12-4-7-15-14(8-12)23-18(25)28-15/h2-9H,1H3,(H,23,25)(H2,19,26,27)(H2,20,21,22,24). The summed E-state index contributed by atoms with van der Waals surface area (Å²) in [6.45, 7) is 1.85. The van der Waals surface area contributed by atoms with E-state index in [0.717, 1.165) is 5.56 Å². The molecule has 0 saturated carbocycles. The lowest BCUT2D eigenvalue weighted by Crippen LogP contribution is -2.11. The first kappa shape index (κ1) is 18.7. The fourth-order valence-corrected chi connectivity index (χ4v) is 3.17. The number of hydrogen-bond acceptors (Lipinski definition) is 8. The topological polar surface area (TPSA) is 156 Å². The maximum atomic E-state index is 11.3. The second-order valence-corrected chi connectivity index (χ2v) is 7.83. The second kappa shape index (κ2) is 7.04. The fourth-order valence-electron chi connectivity index (χ4n) is 2.65. The van der Waals surface area contributed by atoms with Gasteiger partial charge in [-0.2, -0.15) is 4.98 Å². The highest BCUT2D eigenvalue weighted by atomic mass is 32.2. The van der Waals surface area contributed by atoms with Crippen LogP contribution in [0.25, 0.3) is 11.1 Å². The third-order valence-electron chi connectivity index (χ3n) is 4.09. The number of aromatic nitrogens is 3. The number of sulfonamides is 1. The molecule has 4 rings (SSSR count). The van der Waals surface area contributed by atoms with Gasteiger partial charge in [-0.25, -0.2) is 23.3 Å². The monoisotopic (exact) mass is 412 g/mol. The number of oxazole rings is 1. The number of anilines is 4. The van der Waals surface area contributed by atoms with Crippen LogP contribution < -0.4 is 21.5 Å². The Morgan fingerprint density at radius 1 is 1.07 bits per heavy atom. The summed E-state index contributed by atoms with van der Waals surface area (Å²) in [6.07, 6.45) is 1.65. The molecule has 10 nitrogen and oxygen atoms in total. The first-order valence-electron chi connectivity index (χ1n) is 8.41. The van der Waals surface area contributed by atoms with Gasteiger partial charge in [0.25, 0.3) is 0 Å². The number of nitrogens with two attached hydrogens (primary N) is 1. The van der Waals surface area contributed by atoms with E-state index in [1.807, 2.05) is 6.92 Å². The summed E-state index contributed by atoms with van der Waals surface area (Å²) >= 11 is 0. The van der Waals surface area contributed by atoms with Crippen molar-refractivity contribution in [2.45, 2.75) is 11.8 Å². The zero-order valence-electron chi connectivity index (χ0n) is 15.1. The van der Waals surface area contributed by atoms with E-state index >= 15 is 0 Å². The average Bonchev–Trinajstić information content (AvgIpc) is 3.03. The van der Waals surface area contributed by atoms with Gasteiger partial charge in [0.2, 0.25) is 16.0 Å². The molecule has 11 heteroatoms. The number of nitrogens with one attached hydrogen (secondary N) is 3. The van der Waals surface area contributed by atoms with E-state index in [2.05, 4.69) is 25.6 Å². The molecule has 0 aliphatic heterocycles. The van der Waals surface area contributed by atoms with Crippen LogP contribution in [0.3, 0.4) is 0 Å². The lowest BCUT2D eigenvalue weighted by Gasteiger charge is -2.11. The molecule has 5 N–H and O–H groups in total. The molecule has 148 valence electrons. The third kappa shape index (κ3) is 4.10. The molecule has 0 spiro atoms. The van der Waals surface area contributed by atoms with Gasteiger partial charge < -0.3 is 15.1 Å². The number of H-pyrrole nitrogens is 1. The van der Waals surface area contributed by atoms with Gasteiger partial charge in [-0.05, 0) is 49.4 Å². The molecule has 4 aromatic rings. The van der Waals surface area contributed by atoms with Crippen molar-refractivity contribution in [3.63, 3.8) is 0 Å². The van der Waals surface area contributed by atoms with E-state index in [-0.39, 0.29) is 4.90 Å². The number of aryl methyl sites for hydroxylation is 1. The summed E-state index contributed by atoms with van der Waals surface area (Å²) in [5.74, 6) is 0.364. The molecule has 0 atom stereocenters. The largest absolute Gasteiger partial charge is 0.417 e. The molecule has 0 aliphatic carbocycles. The van der Waals surface area contributed by atoms with Crippen LogP contribution in [0.5, 0.6) is 0 Å². The smallest absolute Gasteiger partial charge is 0.408 e. The van der Waals surface area contributed by atoms with Crippen LogP contribution in [-0.2, 0) is 10.0 Å². The molecule has 2 heterocycles. The van der Waals surface area contributed by atoms with Gasteiger partial charge in [0.1, 0.15) is 5.82 Å². The zero-order valence-corrected chi connectivity index (χ0v) is 15.9. The van der Waals surface area contributed by atoms with Crippen molar-refractivity contribution >= 4 is 44.3 Å². The molecule has 0 aliphatic rings. The quantitative estimate of drug-likeness (QED) is 0.389. The number of benzene rings is 2. The number of hydrogen-bond donors (Lipinski definition) is 4. The Kier molecular flexibility index (Phi) is 4.53. The van der Waals surface area contributed by atoms with Crippen LogP contribution in [-0.4, -0.2) is 23.4 Å². The average molecular weight is 412 g/mol. The van der Waals surface area contributed by atoms with Crippen LogP contribution in [0, 0.1) is 6.92 Å². The zero-order chi connectivity index (χ0) is 20.6. The van der Waals surface area contributed by atoms with E-state index in [9.17, 15) is 13.2 Å².